The van der Waals surface area contributed by atoms with Crippen LogP contribution in [0, 0.1) is 0 Å². The van der Waals surface area contributed by atoms with Crippen molar-refractivity contribution in [3.8, 4) is 0 Å². The average molecular weight is 261 g/mol. The van der Waals surface area contributed by atoms with Crippen LogP contribution in [-0.4, -0.2) is 43.0 Å². The maximum atomic E-state index is 11.3. The van der Waals surface area contributed by atoms with Crippen molar-refractivity contribution < 1.29 is 4.79 Å². The molecule has 1 saturated heterocycles. The number of benzene rings is 1. The maximum absolute atomic E-state index is 11.3. The topological polar surface area (TPSA) is 58.4 Å². The van der Waals surface area contributed by atoms with Crippen LogP contribution in [0.5, 0.6) is 0 Å². The van der Waals surface area contributed by atoms with E-state index in [0.29, 0.717) is 12.5 Å². The van der Waals surface area contributed by atoms with Crippen molar-refractivity contribution in [1.82, 2.24) is 10.2 Å². The molecule has 2 rings (SSSR count). The van der Waals surface area contributed by atoms with Crippen molar-refractivity contribution in [2.45, 2.75) is 25.3 Å². The molecule has 1 aromatic carbocycles. The second-order valence-electron chi connectivity index (χ2n) is 5.29. The predicted molar refractivity (Wildman–Crippen MR) is 76.9 cm³/mol. The molecule has 0 aromatic heterocycles. The van der Waals surface area contributed by atoms with Crippen LogP contribution < -0.4 is 11.1 Å². The molecule has 0 radical (unpaired) electrons. The first-order chi connectivity index (χ1) is 9.19. The van der Waals surface area contributed by atoms with Crippen molar-refractivity contribution in [1.29, 1.82) is 0 Å². The lowest BCUT2D eigenvalue weighted by Gasteiger charge is -2.38. The van der Waals surface area contributed by atoms with Crippen LogP contribution in [-0.2, 0) is 4.79 Å². The van der Waals surface area contributed by atoms with Crippen LogP contribution in [0.3, 0.4) is 0 Å². The largest absolute Gasteiger partial charge is 0.352 e. The summed E-state index contributed by atoms with van der Waals surface area (Å²) in [6, 6.07) is 10.7. The Morgan fingerprint density at radius 2 is 2.11 bits per heavy atom. The number of nitrogens with two attached hydrogens (primary N) is 1. The zero-order valence-electron chi connectivity index (χ0n) is 11.5. The first kappa shape index (κ1) is 14.0. The summed E-state index contributed by atoms with van der Waals surface area (Å²) in [5.41, 5.74) is 7.01. The van der Waals surface area contributed by atoms with Crippen LogP contribution in [0.15, 0.2) is 30.3 Å². The standard InChI is InChI=1S/C15H23N3O/c1-12(19)17-15-9-14(10-18(11-15)8-7-16)13-5-3-2-4-6-13/h2-6,14-15H,7-11,16H2,1H3,(H,17,19). The van der Waals surface area contributed by atoms with Gasteiger partial charge >= 0.3 is 0 Å². The van der Waals surface area contributed by atoms with Crippen LogP contribution in [0.2, 0.25) is 0 Å². The first-order valence-corrected chi connectivity index (χ1v) is 6.93. The Kier molecular flexibility index (Phi) is 4.93. The van der Waals surface area contributed by atoms with E-state index in [-0.39, 0.29) is 11.9 Å². The Labute approximate surface area is 115 Å². The van der Waals surface area contributed by atoms with Crippen molar-refractivity contribution in [2.24, 2.45) is 5.73 Å². The molecule has 3 N–H and O–H groups in total. The average Bonchev–Trinajstić information content (AvgIpc) is 2.39. The van der Waals surface area contributed by atoms with E-state index < -0.39 is 0 Å². The van der Waals surface area contributed by atoms with E-state index in [1.165, 1.54) is 5.56 Å². The van der Waals surface area contributed by atoms with Gasteiger partial charge in [-0.2, -0.15) is 0 Å². The van der Waals surface area contributed by atoms with Gasteiger partial charge in [-0.1, -0.05) is 30.3 Å². The number of likely N-dealkylation sites (tertiary alicyclic amines) is 1. The highest BCUT2D eigenvalue weighted by molar-refractivity contribution is 5.73. The number of rotatable bonds is 4. The van der Waals surface area contributed by atoms with E-state index >= 15 is 0 Å². The lowest BCUT2D eigenvalue weighted by Crippen LogP contribution is -2.50. The van der Waals surface area contributed by atoms with E-state index in [1.54, 1.807) is 6.92 Å². The molecule has 1 amide bonds. The van der Waals surface area contributed by atoms with Crippen molar-refractivity contribution in [3.63, 3.8) is 0 Å². The third-order valence-corrected chi connectivity index (χ3v) is 3.65. The smallest absolute Gasteiger partial charge is 0.217 e. The molecular weight excluding hydrogens is 238 g/mol. The second-order valence-corrected chi connectivity index (χ2v) is 5.29. The summed E-state index contributed by atoms with van der Waals surface area (Å²) in [6.07, 6.45) is 1.00. The molecule has 19 heavy (non-hydrogen) atoms. The molecule has 1 aromatic rings. The molecule has 2 atom stereocenters. The van der Waals surface area contributed by atoms with Gasteiger partial charge in [-0.25, -0.2) is 0 Å². The first-order valence-electron chi connectivity index (χ1n) is 6.93. The number of carbonyl (C=O) groups excluding carboxylic acids is 1. The van der Waals surface area contributed by atoms with E-state index in [4.69, 9.17) is 5.73 Å². The lowest BCUT2D eigenvalue weighted by atomic mass is 9.88. The molecule has 0 bridgehead atoms. The highest BCUT2D eigenvalue weighted by Crippen LogP contribution is 2.26. The Balaban J connectivity index is 2.07. The molecule has 0 saturated carbocycles. The molecule has 1 aliphatic rings. The quantitative estimate of drug-likeness (QED) is 0.848. The molecule has 1 heterocycles. The number of piperidine rings is 1. The maximum Gasteiger partial charge on any atom is 0.217 e. The Morgan fingerprint density at radius 3 is 2.74 bits per heavy atom. The fourth-order valence-corrected chi connectivity index (χ4v) is 2.91. The molecule has 1 aliphatic heterocycles. The third kappa shape index (κ3) is 4.04. The summed E-state index contributed by atoms with van der Waals surface area (Å²) < 4.78 is 0. The summed E-state index contributed by atoms with van der Waals surface area (Å²) in [5.74, 6) is 0.518. The summed E-state index contributed by atoms with van der Waals surface area (Å²) in [5, 5.41) is 3.05. The zero-order chi connectivity index (χ0) is 13.7. The van der Waals surface area contributed by atoms with E-state index in [0.717, 1.165) is 26.1 Å². The minimum atomic E-state index is 0.0476. The summed E-state index contributed by atoms with van der Waals surface area (Å²) in [7, 11) is 0. The lowest BCUT2D eigenvalue weighted by molar-refractivity contribution is -0.120. The molecule has 4 heteroatoms. The van der Waals surface area contributed by atoms with Gasteiger partial charge in [0.05, 0.1) is 0 Å². The second kappa shape index (κ2) is 6.68. The highest BCUT2D eigenvalue weighted by atomic mass is 16.1. The molecule has 104 valence electrons. The molecule has 2 unspecified atom stereocenters. The molecule has 0 aliphatic carbocycles. The van der Waals surface area contributed by atoms with Gasteiger partial charge in [-0.15, -0.1) is 0 Å². The number of hydrogen-bond donors (Lipinski definition) is 2. The van der Waals surface area contributed by atoms with E-state index in [1.807, 2.05) is 6.07 Å². The molecular formula is C15H23N3O. The number of amides is 1. The number of nitrogens with zero attached hydrogens (tertiary/aromatic N) is 1. The minimum absolute atomic E-state index is 0.0476. The highest BCUT2D eigenvalue weighted by Gasteiger charge is 2.28. The van der Waals surface area contributed by atoms with E-state index in [9.17, 15) is 4.79 Å². The normalized spacial score (nSPS) is 24.1. The minimum Gasteiger partial charge on any atom is -0.352 e. The number of nitrogens with one attached hydrogen (secondary N) is 1. The van der Waals surface area contributed by atoms with Gasteiger partial charge in [-0.05, 0) is 17.9 Å². The number of hydrogen-bond acceptors (Lipinski definition) is 3. The predicted octanol–water partition coefficient (Wildman–Crippen LogP) is 0.939. The fraction of sp³-hybridized carbons (Fsp3) is 0.533. The third-order valence-electron chi connectivity index (χ3n) is 3.65. The summed E-state index contributed by atoms with van der Waals surface area (Å²) >= 11 is 0. The van der Waals surface area contributed by atoms with Crippen LogP contribution in [0.4, 0.5) is 0 Å². The number of carbonyl (C=O) groups is 1. The Bertz CT molecular complexity index is 407. The molecule has 0 spiro atoms. The van der Waals surface area contributed by atoms with E-state index in [2.05, 4.69) is 34.5 Å². The fourth-order valence-electron chi connectivity index (χ4n) is 2.91. The van der Waals surface area contributed by atoms with Gasteiger partial charge in [0.1, 0.15) is 0 Å². The Hall–Kier alpha value is -1.39. The monoisotopic (exact) mass is 261 g/mol. The van der Waals surface area contributed by atoms with Crippen molar-refractivity contribution in [3.05, 3.63) is 35.9 Å². The van der Waals surface area contributed by atoms with Gasteiger partial charge in [0.25, 0.3) is 0 Å². The van der Waals surface area contributed by atoms with Gasteiger partial charge < -0.3 is 11.1 Å². The van der Waals surface area contributed by atoms with Crippen LogP contribution in [0.25, 0.3) is 0 Å². The van der Waals surface area contributed by atoms with Gasteiger partial charge in [-0.3, -0.25) is 9.69 Å². The van der Waals surface area contributed by atoms with Gasteiger partial charge in [0.15, 0.2) is 0 Å². The van der Waals surface area contributed by atoms with Crippen molar-refractivity contribution in [2.75, 3.05) is 26.2 Å². The van der Waals surface area contributed by atoms with Crippen LogP contribution >= 0.6 is 0 Å². The summed E-state index contributed by atoms with van der Waals surface area (Å²) in [4.78, 5) is 13.6. The summed E-state index contributed by atoms with van der Waals surface area (Å²) in [6.45, 7) is 5.06. The van der Waals surface area contributed by atoms with Gasteiger partial charge in [0, 0.05) is 39.1 Å². The van der Waals surface area contributed by atoms with Crippen molar-refractivity contribution >= 4 is 5.91 Å². The molecule has 4 nitrogen and oxygen atoms in total. The van der Waals surface area contributed by atoms with Gasteiger partial charge in [0.2, 0.25) is 5.91 Å². The zero-order valence-corrected chi connectivity index (χ0v) is 11.5. The Morgan fingerprint density at radius 1 is 1.37 bits per heavy atom. The van der Waals surface area contributed by atoms with Crippen LogP contribution in [0.1, 0.15) is 24.8 Å². The molecule has 1 fully saturated rings. The SMILES string of the molecule is CC(=O)NC1CC(c2ccccc2)CN(CCN)C1.